The van der Waals surface area contributed by atoms with Gasteiger partial charge < -0.3 is 19.7 Å². The maximum atomic E-state index is 12.5. The van der Waals surface area contributed by atoms with Crippen LogP contribution in [0.4, 0.5) is 4.79 Å². The van der Waals surface area contributed by atoms with Gasteiger partial charge in [-0.15, -0.1) is 0 Å². The highest BCUT2D eigenvalue weighted by molar-refractivity contribution is 8.18. The number of hydrogen-bond donors (Lipinski definition) is 2. The second-order valence-corrected chi connectivity index (χ2v) is 6.57. The summed E-state index contributed by atoms with van der Waals surface area (Å²) in [6.07, 6.45) is 1.49. The third kappa shape index (κ3) is 4.17. The first-order valence-corrected chi connectivity index (χ1v) is 8.84. The summed E-state index contributed by atoms with van der Waals surface area (Å²) in [5, 5.41) is 18.5. The predicted molar refractivity (Wildman–Crippen MR) is 101 cm³/mol. The molecule has 0 radical (unpaired) electrons. The highest BCUT2D eigenvalue weighted by Gasteiger charge is 2.34. The summed E-state index contributed by atoms with van der Waals surface area (Å²) in [6, 6.07) is 11.3. The zero-order valence-electron chi connectivity index (χ0n) is 14.4. The lowest BCUT2D eigenvalue weighted by molar-refractivity contribution is -0.123. The third-order valence-electron chi connectivity index (χ3n) is 3.81. The molecule has 0 unspecified atom stereocenters. The number of nitrogens with zero attached hydrogens (tertiary/aromatic N) is 1. The molecule has 0 aromatic heterocycles. The van der Waals surface area contributed by atoms with E-state index >= 15 is 0 Å². The number of hydrogen-bond acceptors (Lipinski definition) is 7. The highest BCUT2D eigenvalue weighted by Crippen LogP contribution is 2.34. The average Bonchev–Trinajstić information content (AvgIpc) is 2.92. The summed E-state index contributed by atoms with van der Waals surface area (Å²) >= 11 is 0.815. The number of rotatable bonds is 6. The van der Waals surface area contributed by atoms with Gasteiger partial charge in [0.15, 0.2) is 23.0 Å². The number of amides is 2. The average molecular weight is 387 g/mol. The quantitative estimate of drug-likeness (QED) is 0.580. The summed E-state index contributed by atoms with van der Waals surface area (Å²) in [7, 11) is 1.53. The zero-order chi connectivity index (χ0) is 19.4. The molecule has 0 bridgehead atoms. The molecule has 1 aliphatic heterocycles. The topological polar surface area (TPSA) is 96.3 Å². The van der Waals surface area contributed by atoms with Crippen LogP contribution >= 0.6 is 11.8 Å². The van der Waals surface area contributed by atoms with Gasteiger partial charge in [-0.3, -0.25) is 14.5 Å². The van der Waals surface area contributed by atoms with E-state index in [1.54, 1.807) is 18.2 Å². The Morgan fingerprint density at radius 3 is 2.52 bits per heavy atom. The van der Waals surface area contributed by atoms with E-state index < -0.39 is 11.1 Å². The zero-order valence-corrected chi connectivity index (χ0v) is 15.2. The van der Waals surface area contributed by atoms with Crippen LogP contribution in [0.15, 0.2) is 47.4 Å². The molecule has 1 fully saturated rings. The first-order valence-electron chi connectivity index (χ1n) is 8.03. The lowest BCUT2D eigenvalue weighted by Gasteiger charge is -2.14. The molecule has 1 saturated heterocycles. The van der Waals surface area contributed by atoms with Crippen molar-refractivity contribution in [3.63, 3.8) is 0 Å². The standard InChI is InChI=1S/C19H17NO6S/c1-25-15-4-2-3-5-16(15)26-9-8-20-18(23)17(27-19(20)24)11-12-6-7-13(21)14(22)10-12/h2-7,10-11,21-22H,8-9H2,1H3/b17-11-. The van der Waals surface area contributed by atoms with Crippen molar-refractivity contribution in [3.8, 4) is 23.0 Å². The Hall–Kier alpha value is -3.13. The molecule has 2 aromatic rings. The van der Waals surface area contributed by atoms with E-state index in [0.717, 1.165) is 16.7 Å². The van der Waals surface area contributed by atoms with E-state index in [9.17, 15) is 19.8 Å². The van der Waals surface area contributed by atoms with Crippen LogP contribution in [0, 0.1) is 0 Å². The second-order valence-electron chi connectivity index (χ2n) is 5.58. The Morgan fingerprint density at radius 2 is 1.81 bits per heavy atom. The minimum absolute atomic E-state index is 0.0981. The maximum absolute atomic E-state index is 12.5. The van der Waals surface area contributed by atoms with Gasteiger partial charge in [-0.1, -0.05) is 18.2 Å². The van der Waals surface area contributed by atoms with Crippen molar-refractivity contribution in [2.45, 2.75) is 0 Å². The van der Waals surface area contributed by atoms with Gasteiger partial charge >= 0.3 is 0 Å². The van der Waals surface area contributed by atoms with Gasteiger partial charge in [-0.2, -0.15) is 0 Å². The van der Waals surface area contributed by atoms with Gasteiger partial charge in [-0.25, -0.2) is 0 Å². The van der Waals surface area contributed by atoms with E-state index in [4.69, 9.17) is 9.47 Å². The molecule has 140 valence electrons. The number of benzene rings is 2. The molecule has 1 aliphatic rings. The molecule has 7 nitrogen and oxygen atoms in total. The van der Waals surface area contributed by atoms with Gasteiger partial charge in [0.25, 0.3) is 11.1 Å². The van der Waals surface area contributed by atoms with Gasteiger partial charge in [0.05, 0.1) is 18.6 Å². The monoisotopic (exact) mass is 387 g/mol. The van der Waals surface area contributed by atoms with E-state index in [1.807, 2.05) is 6.07 Å². The van der Waals surface area contributed by atoms with Crippen LogP contribution in [0.25, 0.3) is 6.08 Å². The number of thioether (sulfide) groups is 1. The normalized spacial score (nSPS) is 15.4. The van der Waals surface area contributed by atoms with Crippen LogP contribution < -0.4 is 9.47 Å². The predicted octanol–water partition coefficient (Wildman–Crippen LogP) is 3.22. The number of imide groups is 1. The molecular weight excluding hydrogens is 370 g/mol. The van der Waals surface area contributed by atoms with Crippen molar-refractivity contribution in [1.82, 2.24) is 4.90 Å². The fourth-order valence-corrected chi connectivity index (χ4v) is 3.32. The van der Waals surface area contributed by atoms with Gasteiger partial charge in [0.2, 0.25) is 0 Å². The molecule has 2 N–H and O–H groups in total. The number of carbonyl (C=O) groups excluding carboxylic acids is 2. The van der Waals surface area contributed by atoms with Crippen LogP contribution in [0.1, 0.15) is 5.56 Å². The highest BCUT2D eigenvalue weighted by atomic mass is 32.2. The molecule has 0 spiro atoms. The first-order chi connectivity index (χ1) is 13.0. The van der Waals surface area contributed by atoms with E-state index in [1.165, 1.54) is 31.4 Å². The Labute approximate surface area is 159 Å². The summed E-state index contributed by atoms with van der Waals surface area (Å²) in [4.78, 5) is 25.9. The van der Waals surface area contributed by atoms with Crippen LogP contribution in [-0.4, -0.2) is 46.5 Å². The Morgan fingerprint density at radius 1 is 1.07 bits per heavy atom. The molecule has 2 aromatic carbocycles. The van der Waals surface area contributed by atoms with Crippen molar-refractivity contribution in [1.29, 1.82) is 0 Å². The summed E-state index contributed by atoms with van der Waals surface area (Å²) in [5.74, 6) is 0.115. The fourth-order valence-electron chi connectivity index (χ4n) is 2.46. The Bertz CT molecular complexity index is 911. The third-order valence-corrected chi connectivity index (χ3v) is 4.72. The smallest absolute Gasteiger partial charge is 0.293 e. The number of para-hydroxylation sites is 2. The number of ether oxygens (including phenoxy) is 2. The Balaban J connectivity index is 1.65. The molecule has 2 amide bonds. The summed E-state index contributed by atoms with van der Waals surface area (Å²) < 4.78 is 10.8. The van der Waals surface area contributed by atoms with Crippen molar-refractivity contribution in [3.05, 3.63) is 52.9 Å². The number of carbonyl (C=O) groups is 2. The minimum Gasteiger partial charge on any atom is -0.504 e. The molecular formula is C19H17NO6S. The summed E-state index contributed by atoms with van der Waals surface area (Å²) in [6.45, 7) is 0.229. The first kappa shape index (κ1) is 18.7. The van der Waals surface area contributed by atoms with E-state index in [-0.39, 0.29) is 29.6 Å². The molecule has 0 saturated carbocycles. The van der Waals surface area contributed by atoms with Crippen molar-refractivity contribution in [2.24, 2.45) is 0 Å². The van der Waals surface area contributed by atoms with Gasteiger partial charge in [-0.05, 0) is 47.7 Å². The molecule has 0 aliphatic carbocycles. The van der Waals surface area contributed by atoms with Crippen molar-refractivity contribution in [2.75, 3.05) is 20.3 Å². The van der Waals surface area contributed by atoms with E-state index in [0.29, 0.717) is 17.1 Å². The molecule has 1 heterocycles. The number of phenolic OH excluding ortho intramolecular Hbond substituents is 2. The van der Waals surface area contributed by atoms with Crippen molar-refractivity contribution < 1.29 is 29.3 Å². The van der Waals surface area contributed by atoms with Gasteiger partial charge in [0, 0.05) is 0 Å². The lowest BCUT2D eigenvalue weighted by Crippen LogP contribution is -2.32. The number of methoxy groups -OCH3 is 1. The minimum atomic E-state index is -0.429. The molecule has 3 rings (SSSR count). The van der Waals surface area contributed by atoms with Crippen LogP contribution in [0.5, 0.6) is 23.0 Å². The largest absolute Gasteiger partial charge is 0.504 e. The molecule has 8 heteroatoms. The van der Waals surface area contributed by atoms with E-state index in [2.05, 4.69) is 0 Å². The maximum Gasteiger partial charge on any atom is 0.293 e. The SMILES string of the molecule is COc1ccccc1OCCN1C(=O)S/C(=C\c2ccc(O)c(O)c2)C1=O. The summed E-state index contributed by atoms with van der Waals surface area (Å²) in [5.41, 5.74) is 0.501. The molecule has 0 atom stereocenters. The van der Waals surface area contributed by atoms with Crippen LogP contribution in [-0.2, 0) is 4.79 Å². The number of aromatic hydroxyl groups is 2. The fraction of sp³-hybridized carbons (Fsp3) is 0.158. The number of phenols is 2. The second kappa shape index (κ2) is 8.05. The van der Waals surface area contributed by atoms with Crippen LogP contribution in [0.3, 0.4) is 0 Å². The lowest BCUT2D eigenvalue weighted by atomic mass is 10.2. The van der Waals surface area contributed by atoms with Gasteiger partial charge in [0.1, 0.15) is 6.61 Å². The molecule has 27 heavy (non-hydrogen) atoms. The Kier molecular flexibility index (Phi) is 5.56. The van der Waals surface area contributed by atoms with Crippen molar-refractivity contribution >= 4 is 29.0 Å². The van der Waals surface area contributed by atoms with Crippen LogP contribution in [0.2, 0.25) is 0 Å².